The zero-order valence-corrected chi connectivity index (χ0v) is 9.24. The number of nitrogens with two attached hydrogens (primary N) is 1. The largest absolute Gasteiger partial charge is 0.434 e. The molecule has 0 aliphatic heterocycles. The second-order valence-corrected chi connectivity index (χ2v) is 3.15. The van der Waals surface area contributed by atoms with Crippen LogP contribution < -0.4 is 11.5 Å². The average molecular weight is 242 g/mol. The number of nitrogens with one attached hydrogen (secondary N) is 1. The fraction of sp³-hybridized carbons (Fsp3) is 0.200. The second-order valence-electron chi connectivity index (χ2n) is 3.15. The van der Waals surface area contributed by atoms with Crippen LogP contribution in [-0.4, -0.2) is 16.7 Å². The van der Waals surface area contributed by atoms with Crippen molar-refractivity contribution in [3.63, 3.8) is 0 Å². The molecule has 86 valence electrons. The number of rotatable bonds is 3. The lowest BCUT2D eigenvalue weighted by molar-refractivity contribution is 0.444. The molecule has 1 aromatic heterocycles. The summed E-state index contributed by atoms with van der Waals surface area (Å²) in [6.07, 6.45) is 0. The van der Waals surface area contributed by atoms with Crippen molar-refractivity contribution in [3.05, 3.63) is 52.3 Å². The molecule has 2 aromatic rings. The Morgan fingerprint density at radius 3 is 2.56 bits per heavy atom. The van der Waals surface area contributed by atoms with Gasteiger partial charge in [-0.15, -0.1) is 17.5 Å². The van der Waals surface area contributed by atoms with Crippen LogP contribution in [0.25, 0.3) is 0 Å². The lowest BCUT2D eigenvalue weighted by atomic mass is 9.99. The fourth-order valence-electron chi connectivity index (χ4n) is 1.46. The molecule has 1 heterocycles. The van der Waals surface area contributed by atoms with Crippen molar-refractivity contribution in [2.24, 2.45) is 5.73 Å². The van der Waals surface area contributed by atoms with Gasteiger partial charge in [-0.3, -0.25) is 0 Å². The van der Waals surface area contributed by atoms with E-state index in [1.165, 1.54) is 0 Å². The summed E-state index contributed by atoms with van der Waals surface area (Å²) in [6, 6.07) is 9.57. The van der Waals surface area contributed by atoms with Crippen LogP contribution in [0, 0.1) is 0 Å². The Bertz CT molecular complexity index is 480. The number of aromatic nitrogens is 2. The van der Waals surface area contributed by atoms with Gasteiger partial charge in [0.05, 0.1) is 5.92 Å². The number of hydrogen-bond donors (Lipinski definition) is 2. The van der Waals surface area contributed by atoms with Crippen LogP contribution in [0.15, 0.2) is 39.5 Å². The minimum Gasteiger partial charge on any atom is -0.392 e. The number of aromatic amines is 1. The molecule has 0 saturated heterocycles. The minimum atomic E-state index is -0.556. The van der Waals surface area contributed by atoms with E-state index >= 15 is 0 Å². The van der Waals surface area contributed by atoms with Gasteiger partial charge >= 0.3 is 5.76 Å². The molecule has 1 unspecified atom stereocenters. The molecular weight excluding hydrogens is 230 g/mol. The minimum absolute atomic E-state index is 0. The van der Waals surface area contributed by atoms with E-state index in [4.69, 9.17) is 10.2 Å². The van der Waals surface area contributed by atoms with Crippen LogP contribution in [0.5, 0.6) is 0 Å². The highest BCUT2D eigenvalue weighted by atomic mass is 35.5. The summed E-state index contributed by atoms with van der Waals surface area (Å²) in [5.41, 5.74) is 6.61. The Morgan fingerprint density at radius 2 is 2.06 bits per heavy atom. The van der Waals surface area contributed by atoms with Crippen molar-refractivity contribution in [2.45, 2.75) is 5.92 Å². The maximum Gasteiger partial charge on any atom is 0.434 e. The normalized spacial score (nSPS) is 11.8. The molecule has 5 nitrogen and oxygen atoms in total. The average Bonchev–Trinajstić information content (AvgIpc) is 2.68. The zero-order chi connectivity index (χ0) is 10.7. The van der Waals surface area contributed by atoms with E-state index in [2.05, 4.69) is 10.2 Å². The first-order valence-electron chi connectivity index (χ1n) is 4.61. The molecule has 6 heteroatoms. The van der Waals surface area contributed by atoms with Crippen LogP contribution in [0.2, 0.25) is 0 Å². The topological polar surface area (TPSA) is 84.9 Å². The Labute approximate surface area is 98.1 Å². The third kappa shape index (κ3) is 2.50. The molecule has 0 fully saturated rings. The molecule has 0 spiro atoms. The maximum absolute atomic E-state index is 10.8. The number of benzene rings is 1. The smallest absolute Gasteiger partial charge is 0.392 e. The predicted octanol–water partition coefficient (Wildman–Crippen LogP) is 0.875. The van der Waals surface area contributed by atoms with Crippen LogP contribution in [0.1, 0.15) is 17.4 Å². The van der Waals surface area contributed by atoms with Gasteiger partial charge in [0.2, 0.25) is 5.89 Å². The molecule has 0 saturated carbocycles. The number of H-pyrrole nitrogens is 1. The predicted molar refractivity (Wildman–Crippen MR) is 61.7 cm³/mol. The van der Waals surface area contributed by atoms with E-state index < -0.39 is 5.76 Å². The third-order valence-corrected chi connectivity index (χ3v) is 2.19. The van der Waals surface area contributed by atoms with Gasteiger partial charge in [-0.25, -0.2) is 9.89 Å². The Balaban J connectivity index is 0.00000128. The standard InChI is InChI=1S/C10H11N3O2.ClH/c11-6-8(7-4-2-1-3-5-7)9-12-13-10(14)15-9;/h1-5,8H,6,11H2,(H,13,14);1H. The van der Waals surface area contributed by atoms with Gasteiger partial charge in [0.25, 0.3) is 0 Å². The van der Waals surface area contributed by atoms with E-state index in [1.54, 1.807) is 0 Å². The fourth-order valence-corrected chi connectivity index (χ4v) is 1.46. The Morgan fingerprint density at radius 1 is 1.38 bits per heavy atom. The first-order chi connectivity index (χ1) is 7.31. The molecule has 0 aliphatic carbocycles. The van der Waals surface area contributed by atoms with E-state index in [0.29, 0.717) is 12.4 Å². The summed E-state index contributed by atoms with van der Waals surface area (Å²) in [5, 5.41) is 6.00. The molecule has 2 rings (SSSR count). The molecular formula is C10H12ClN3O2. The van der Waals surface area contributed by atoms with E-state index in [-0.39, 0.29) is 18.3 Å². The van der Waals surface area contributed by atoms with E-state index in [1.807, 2.05) is 30.3 Å². The van der Waals surface area contributed by atoms with Gasteiger partial charge < -0.3 is 10.2 Å². The first kappa shape index (κ1) is 12.5. The SMILES string of the molecule is Cl.NCC(c1ccccc1)c1n[nH]c(=O)o1. The highest BCUT2D eigenvalue weighted by molar-refractivity contribution is 5.85. The van der Waals surface area contributed by atoms with Gasteiger partial charge in [0.15, 0.2) is 0 Å². The van der Waals surface area contributed by atoms with Crippen molar-refractivity contribution in [2.75, 3.05) is 6.54 Å². The van der Waals surface area contributed by atoms with Crippen LogP contribution >= 0.6 is 12.4 Å². The molecule has 0 amide bonds. The summed E-state index contributed by atoms with van der Waals surface area (Å²) in [4.78, 5) is 10.8. The van der Waals surface area contributed by atoms with Gasteiger partial charge in [-0.05, 0) is 5.56 Å². The second kappa shape index (κ2) is 5.48. The summed E-state index contributed by atoms with van der Waals surface area (Å²) < 4.78 is 4.89. The van der Waals surface area contributed by atoms with Crippen molar-refractivity contribution in [3.8, 4) is 0 Å². The summed E-state index contributed by atoms with van der Waals surface area (Å²) in [7, 11) is 0. The quantitative estimate of drug-likeness (QED) is 0.835. The number of halogens is 1. The molecule has 16 heavy (non-hydrogen) atoms. The number of nitrogens with zero attached hydrogens (tertiary/aromatic N) is 1. The monoisotopic (exact) mass is 241 g/mol. The summed E-state index contributed by atoms with van der Waals surface area (Å²) in [6.45, 7) is 0.345. The van der Waals surface area contributed by atoms with E-state index in [9.17, 15) is 4.79 Å². The molecule has 0 aliphatic rings. The maximum atomic E-state index is 10.8. The molecule has 0 bridgehead atoms. The third-order valence-electron chi connectivity index (χ3n) is 2.19. The summed E-state index contributed by atoms with van der Waals surface area (Å²) >= 11 is 0. The molecule has 3 N–H and O–H groups in total. The van der Waals surface area contributed by atoms with E-state index in [0.717, 1.165) is 5.56 Å². The zero-order valence-electron chi connectivity index (χ0n) is 8.42. The van der Waals surface area contributed by atoms with Crippen molar-refractivity contribution >= 4 is 12.4 Å². The highest BCUT2D eigenvalue weighted by Gasteiger charge is 2.17. The van der Waals surface area contributed by atoms with Crippen LogP contribution in [-0.2, 0) is 0 Å². The molecule has 1 atom stereocenters. The van der Waals surface area contributed by atoms with Crippen LogP contribution in [0.3, 0.4) is 0 Å². The lowest BCUT2D eigenvalue weighted by Crippen LogP contribution is -2.14. The molecule has 0 radical (unpaired) electrons. The van der Waals surface area contributed by atoms with Gasteiger partial charge in [0, 0.05) is 6.54 Å². The van der Waals surface area contributed by atoms with Crippen molar-refractivity contribution in [1.29, 1.82) is 0 Å². The van der Waals surface area contributed by atoms with Gasteiger partial charge in [-0.2, -0.15) is 0 Å². The van der Waals surface area contributed by atoms with Crippen LogP contribution in [0.4, 0.5) is 0 Å². The number of hydrogen-bond acceptors (Lipinski definition) is 4. The van der Waals surface area contributed by atoms with Crippen molar-refractivity contribution < 1.29 is 4.42 Å². The Kier molecular flexibility index (Phi) is 4.28. The lowest BCUT2D eigenvalue weighted by Gasteiger charge is -2.09. The van der Waals surface area contributed by atoms with Gasteiger partial charge in [0.1, 0.15) is 0 Å². The highest BCUT2D eigenvalue weighted by Crippen LogP contribution is 2.19. The molecule has 1 aromatic carbocycles. The van der Waals surface area contributed by atoms with Crippen molar-refractivity contribution in [1.82, 2.24) is 10.2 Å². The first-order valence-corrected chi connectivity index (χ1v) is 4.61. The summed E-state index contributed by atoms with van der Waals surface area (Å²) in [5.74, 6) is -0.404. The Hall–Kier alpha value is -1.59. The van der Waals surface area contributed by atoms with Gasteiger partial charge in [-0.1, -0.05) is 30.3 Å².